The number of aryl methyl sites for hydroxylation is 2. The van der Waals surface area contributed by atoms with Crippen molar-refractivity contribution in [3.05, 3.63) is 17.0 Å². The topological polar surface area (TPSA) is 57.5 Å². The summed E-state index contributed by atoms with van der Waals surface area (Å²) < 4.78 is 1.93. The normalized spacial score (nSPS) is 17.0. The van der Waals surface area contributed by atoms with Gasteiger partial charge in [-0.1, -0.05) is 0 Å². The van der Waals surface area contributed by atoms with Crippen LogP contribution in [0.1, 0.15) is 29.8 Å². The van der Waals surface area contributed by atoms with E-state index in [1.54, 1.807) is 0 Å². The van der Waals surface area contributed by atoms with E-state index in [4.69, 9.17) is 0 Å². The van der Waals surface area contributed by atoms with Gasteiger partial charge in [0.25, 0.3) is 0 Å². The molecule has 0 radical (unpaired) electrons. The summed E-state index contributed by atoms with van der Waals surface area (Å²) in [5.41, 5.74) is 3.52. The van der Waals surface area contributed by atoms with Gasteiger partial charge in [0.05, 0.1) is 5.69 Å². The summed E-state index contributed by atoms with van der Waals surface area (Å²) in [6, 6.07) is 0.584. The average Bonchev–Trinajstić information content (AvgIpc) is 3.25. The Morgan fingerprint density at radius 2 is 2.05 bits per heavy atom. The fraction of sp³-hybridized carbons (Fsp3) is 0.750. The third-order valence-electron chi connectivity index (χ3n) is 4.62. The van der Waals surface area contributed by atoms with Crippen molar-refractivity contribution in [2.24, 2.45) is 18.0 Å². The minimum atomic E-state index is 0.584. The molecule has 1 fully saturated rings. The van der Waals surface area contributed by atoms with E-state index in [0.29, 0.717) is 6.04 Å². The lowest BCUT2D eigenvalue weighted by molar-refractivity contribution is 0.264. The molecule has 6 heteroatoms. The Bertz CT molecular complexity index is 525. The molecule has 1 atom stereocenters. The Morgan fingerprint density at radius 3 is 2.50 bits per heavy atom. The van der Waals surface area contributed by atoms with Crippen LogP contribution >= 0.6 is 0 Å². The quantitative estimate of drug-likeness (QED) is 0.609. The van der Waals surface area contributed by atoms with Crippen LogP contribution in [-0.4, -0.2) is 54.4 Å². The Labute approximate surface area is 134 Å². The lowest BCUT2D eigenvalue weighted by Gasteiger charge is -2.25. The molecule has 0 bridgehead atoms. The molecule has 1 aliphatic carbocycles. The molecular formula is C16H30N6. The summed E-state index contributed by atoms with van der Waals surface area (Å²) in [6.45, 7) is 5.83. The predicted octanol–water partition coefficient (Wildman–Crippen LogP) is 1.04. The van der Waals surface area contributed by atoms with Crippen molar-refractivity contribution >= 4 is 5.96 Å². The average molecular weight is 306 g/mol. The van der Waals surface area contributed by atoms with Crippen molar-refractivity contribution in [3.8, 4) is 0 Å². The molecule has 124 valence electrons. The molecule has 1 heterocycles. The van der Waals surface area contributed by atoms with Crippen molar-refractivity contribution in [1.29, 1.82) is 0 Å². The molecule has 6 nitrogen and oxygen atoms in total. The van der Waals surface area contributed by atoms with Crippen molar-refractivity contribution < 1.29 is 0 Å². The molecule has 1 aromatic heterocycles. The van der Waals surface area contributed by atoms with E-state index in [1.165, 1.54) is 24.1 Å². The number of nitrogens with zero attached hydrogens (tertiary/aromatic N) is 4. The maximum absolute atomic E-state index is 4.45. The molecule has 2 rings (SSSR count). The first-order chi connectivity index (χ1) is 10.4. The van der Waals surface area contributed by atoms with Crippen molar-refractivity contribution in [3.63, 3.8) is 0 Å². The van der Waals surface area contributed by atoms with E-state index in [-0.39, 0.29) is 0 Å². The van der Waals surface area contributed by atoms with Gasteiger partial charge in [-0.25, -0.2) is 0 Å². The second-order valence-electron chi connectivity index (χ2n) is 6.45. The summed E-state index contributed by atoms with van der Waals surface area (Å²) >= 11 is 0. The summed E-state index contributed by atoms with van der Waals surface area (Å²) in [4.78, 5) is 6.64. The first-order valence-corrected chi connectivity index (χ1v) is 8.04. The van der Waals surface area contributed by atoms with Crippen LogP contribution in [0.5, 0.6) is 0 Å². The molecule has 1 unspecified atom stereocenters. The summed E-state index contributed by atoms with van der Waals surface area (Å²) in [5, 5.41) is 11.3. The van der Waals surface area contributed by atoms with E-state index in [9.17, 15) is 0 Å². The Balaban J connectivity index is 1.87. The number of guanidine groups is 1. The molecule has 1 saturated carbocycles. The van der Waals surface area contributed by atoms with Crippen LogP contribution in [0.2, 0.25) is 0 Å². The maximum Gasteiger partial charge on any atom is 0.191 e. The van der Waals surface area contributed by atoms with Gasteiger partial charge in [-0.15, -0.1) is 0 Å². The molecular weight excluding hydrogens is 276 g/mol. The van der Waals surface area contributed by atoms with Gasteiger partial charge in [0, 0.05) is 44.5 Å². The molecule has 1 aromatic rings. The van der Waals surface area contributed by atoms with Gasteiger partial charge in [-0.3, -0.25) is 9.67 Å². The highest BCUT2D eigenvalue weighted by Crippen LogP contribution is 2.34. The molecule has 0 saturated heterocycles. The van der Waals surface area contributed by atoms with E-state index in [2.05, 4.69) is 53.6 Å². The second-order valence-corrected chi connectivity index (χ2v) is 6.45. The van der Waals surface area contributed by atoms with Crippen LogP contribution in [0.25, 0.3) is 0 Å². The molecule has 2 N–H and O–H groups in total. The first-order valence-electron chi connectivity index (χ1n) is 8.04. The SMILES string of the molecule is CN=C(NCc1c(C)nn(C)c1C)NCC(C1CC1)N(C)C. The van der Waals surface area contributed by atoms with Gasteiger partial charge in [-0.2, -0.15) is 5.10 Å². The number of aromatic nitrogens is 2. The van der Waals surface area contributed by atoms with Crippen LogP contribution in [0, 0.1) is 19.8 Å². The fourth-order valence-corrected chi connectivity index (χ4v) is 2.92. The molecule has 22 heavy (non-hydrogen) atoms. The van der Waals surface area contributed by atoms with Crippen LogP contribution in [-0.2, 0) is 13.6 Å². The number of likely N-dealkylation sites (N-methyl/N-ethyl adjacent to an activating group) is 1. The lowest BCUT2D eigenvalue weighted by Crippen LogP contribution is -2.45. The third-order valence-corrected chi connectivity index (χ3v) is 4.62. The monoisotopic (exact) mass is 306 g/mol. The number of hydrogen-bond donors (Lipinski definition) is 2. The number of nitrogens with one attached hydrogen (secondary N) is 2. The highest BCUT2D eigenvalue weighted by atomic mass is 15.3. The predicted molar refractivity (Wildman–Crippen MR) is 91.1 cm³/mol. The van der Waals surface area contributed by atoms with E-state index in [0.717, 1.165) is 30.7 Å². The lowest BCUT2D eigenvalue weighted by atomic mass is 10.1. The largest absolute Gasteiger partial charge is 0.355 e. The zero-order valence-corrected chi connectivity index (χ0v) is 14.8. The van der Waals surface area contributed by atoms with Crippen LogP contribution in [0.3, 0.4) is 0 Å². The van der Waals surface area contributed by atoms with Gasteiger partial charge >= 0.3 is 0 Å². The Hall–Kier alpha value is -1.56. The highest BCUT2D eigenvalue weighted by molar-refractivity contribution is 5.79. The maximum atomic E-state index is 4.45. The van der Waals surface area contributed by atoms with Crippen LogP contribution in [0.15, 0.2) is 4.99 Å². The smallest absolute Gasteiger partial charge is 0.191 e. The number of aliphatic imine (C=N–C) groups is 1. The molecule has 0 amide bonds. The van der Waals surface area contributed by atoms with Crippen molar-refractivity contribution in [2.45, 2.75) is 39.3 Å². The molecule has 0 aromatic carbocycles. The van der Waals surface area contributed by atoms with Crippen LogP contribution in [0.4, 0.5) is 0 Å². The Kier molecular flexibility index (Phi) is 5.45. The van der Waals surface area contributed by atoms with E-state index >= 15 is 0 Å². The van der Waals surface area contributed by atoms with E-state index < -0.39 is 0 Å². The number of hydrogen-bond acceptors (Lipinski definition) is 3. The minimum Gasteiger partial charge on any atom is -0.355 e. The summed E-state index contributed by atoms with van der Waals surface area (Å²) in [6.07, 6.45) is 2.70. The van der Waals surface area contributed by atoms with Gasteiger partial charge in [0.15, 0.2) is 5.96 Å². The summed E-state index contributed by atoms with van der Waals surface area (Å²) in [7, 11) is 8.11. The molecule has 1 aliphatic rings. The second kappa shape index (κ2) is 7.13. The summed E-state index contributed by atoms with van der Waals surface area (Å²) in [5.74, 6) is 1.69. The zero-order valence-electron chi connectivity index (χ0n) is 14.8. The number of rotatable bonds is 6. The van der Waals surface area contributed by atoms with E-state index in [1.807, 2.05) is 18.8 Å². The van der Waals surface area contributed by atoms with Gasteiger partial charge < -0.3 is 15.5 Å². The zero-order chi connectivity index (χ0) is 16.3. The van der Waals surface area contributed by atoms with Gasteiger partial charge in [0.1, 0.15) is 0 Å². The molecule has 0 aliphatic heterocycles. The standard InChI is InChI=1S/C16H30N6/c1-11-14(12(2)22(6)20-11)9-18-16(17-3)19-10-15(21(4)5)13-7-8-13/h13,15H,7-10H2,1-6H3,(H2,17,18,19). The molecule has 0 spiro atoms. The minimum absolute atomic E-state index is 0.584. The van der Waals surface area contributed by atoms with Crippen molar-refractivity contribution in [1.82, 2.24) is 25.3 Å². The third kappa shape index (κ3) is 4.00. The van der Waals surface area contributed by atoms with Crippen LogP contribution < -0.4 is 10.6 Å². The van der Waals surface area contributed by atoms with Gasteiger partial charge in [-0.05, 0) is 46.7 Å². The fourth-order valence-electron chi connectivity index (χ4n) is 2.92. The highest BCUT2D eigenvalue weighted by Gasteiger charge is 2.32. The van der Waals surface area contributed by atoms with Gasteiger partial charge in [0.2, 0.25) is 0 Å². The Morgan fingerprint density at radius 1 is 1.36 bits per heavy atom. The van der Waals surface area contributed by atoms with Crippen molar-refractivity contribution in [2.75, 3.05) is 27.7 Å². The first kappa shape index (κ1) is 16.8.